The van der Waals surface area contributed by atoms with Crippen molar-refractivity contribution in [3.8, 4) is 0 Å². The summed E-state index contributed by atoms with van der Waals surface area (Å²) >= 11 is 0. The Kier molecular flexibility index (Phi) is 6.45. The normalized spacial score (nSPS) is 17.7. The van der Waals surface area contributed by atoms with E-state index in [1.165, 1.54) is 4.90 Å². The smallest absolute Gasteiger partial charge is 0.368 e. The predicted octanol–water partition coefficient (Wildman–Crippen LogP) is 4.49. The van der Waals surface area contributed by atoms with Crippen LogP contribution in [0, 0.1) is 11.3 Å². The Morgan fingerprint density at radius 1 is 1.16 bits per heavy atom. The number of para-hydroxylation sites is 1. The summed E-state index contributed by atoms with van der Waals surface area (Å²) in [7, 11) is 0. The number of carbonyl (C=O) groups is 1. The van der Waals surface area contributed by atoms with Gasteiger partial charge in [0.15, 0.2) is 6.29 Å². The third-order valence-corrected chi connectivity index (χ3v) is 6.07. The minimum absolute atomic E-state index is 0.125. The Morgan fingerprint density at radius 2 is 1.84 bits per heavy atom. The number of halogens is 3. The fourth-order valence-electron chi connectivity index (χ4n) is 4.18. The number of nitrogens with one attached hydrogen (secondary N) is 2. The first-order valence-electron chi connectivity index (χ1n) is 10.8. The number of benzene rings is 1. The van der Waals surface area contributed by atoms with E-state index in [9.17, 15) is 18.0 Å². The van der Waals surface area contributed by atoms with Gasteiger partial charge in [0.25, 0.3) is 0 Å². The maximum Gasteiger partial charge on any atom is 0.401 e. The fourth-order valence-corrected chi connectivity index (χ4v) is 4.18. The number of aromatic nitrogens is 1. The van der Waals surface area contributed by atoms with Crippen LogP contribution < -0.4 is 10.2 Å². The molecule has 2 aliphatic rings. The number of carbonyl (C=O) groups excluding carboxylic acids is 1. The summed E-state index contributed by atoms with van der Waals surface area (Å²) in [6.07, 6.45) is -0.639. The van der Waals surface area contributed by atoms with Crippen LogP contribution in [-0.4, -0.2) is 60.8 Å². The number of aldehydes is 1. The van der Waals surface area contributed by atoms with E-state index >= 15 is 0 Å². The molecule has 1 aromatic heterocycles. The fraction of sp³-hybridized carbons (Fsp3) is 0.435. The zero-order chi connectivity index (χ0) is 22.7. The molecule has 0 radical (unpaired) electrons. The van der Waals surface area contributed by atoms with Gasteiger partial charge in [-0.15, -0.1) is 0 Å². The second-order valence-electron chi connectivity index (χ2n) is 8.32. The van der Waals surface area contributed by atoms with Gasteiger partial charge in [-0.1, -0.05) is 24.6 Å². The number of nitrogens with zero attached hydrogens (tertiary/aromatic N) is 3. The molecule has 170 valence electrons. The number of piperazine rings is 1. The van der Waals surface area contributed by atoms with Gasteiger partial charge >= 0.3 is 6.18 Å². The zero-order valence-electron chi connectivity index (χ0n) is 17.7. The summed E-state index contributed by atoms with van der Waals surface area (Å²) in [5.74, 6) is 0.561. The Bertz CT molecular complexity index is 968. The van der Waals surface area contributed by atoms with Gasteiger partial charge in [0, 0.05) is 43.5 Å². The van der Waals surface area contributed by atoms with Crippen LogP contribution >= 0.6 is 0 Å². The quantitative estimate of drug-likeness (QED) is 0.485. The van der Waals surface area contributed by atoms with E-state index in [4.69, 9.17) is 5.41 Å². The maximum absolute atomic E-state index is 12.8. The van der Waals surface area contributed by atoms with Crippen LogP contribution in [0.4, 0.5) is 30.4 Å². The van der Waals surface area contributed by atoms with Gasteiger partial charge < -0.3 is 15.6 Å². The molecule has 1 saturated carbocycles. The molecule has 9 heteroatoms. The highest BCUT2D eigenvalue weighted by molar-refractivity contribution is 6.09. The molecule has 2 fully saturated rings. The van der Waals surface area contributed by atoms with Crippen LogP contribution in [0.15, 0.2) is 36.4 Å². The molecule has 6 nitrogen and oxygen atoms in total. The Morgan fingerprint density at radius 3 is 2.41 bits per heavy atom. The second kappa shape index (κ2) is 9.28. The zero-order valence-corrected chi connectivity index (χ0v) is 17.7. The lowest BCUT2D eigenvalue weighted by Gasteiger charge is -2.38. The first-order chi connectivity index (χ1) is 15.3. The van der Waals surface area contributed by atoms with E-state index in [1.807, 2.05) is 35.2 Å². The van der Waals surface area contributed by atoms with Crippen molar-refractivity contribution in [2.45, 2.75) is 25.4 Å². The molecule has 1 aliphatic heterocycles. The van der Waals surface area contributed by atoms with Crippen molar-refractivity contribution in [3.05, 3.63) is 47.7 Å². The third kappa shape index (κ3) is 5.09. The molecule has 2 aromatic rings. The van der Waals surface area contributed by atoms with Crippen molar-refractivity contribution >= 4 is 29.2 Å². The van der Waals surface area contributed by atoms with Gasteiger partial charge in [-0.05, 0) is 31.0 Å². The van der Waals surface area contributed by atoms with Gasteiger partial charge in [-0.2, -0.15) is 13.2 Å². The van der Waals surface area contributed by atoms with Crippen LogP contribution in [0.5, 0.6) is 0 Å². The highest BCUT2D eigenvalue weighted by atomic mass is 19.4. The SMILES string of the molecule is N=C(c1c(N2CCN(CC(F)(F)F)CC2)cc(C=O)nc1Nc1ccccc1)C1CCC1. The molecule has 0 spiro atoms. The molecule has 32 heavy (non-hydrogen) atoms. The Hall–Kier alpha value is -2.94. The Labute approximate surface area is 184 Å². The number of anilines is 3. The van der Waals surface area contributed by atoms with E-state index in [0.717, 1.165) is 24.9 Å². The van der Waals surface area contributed by atoms with Gasteiger partial charge in [-0.3, -0.25) is 9.69 Å². The minimum atomic E-state index is -4.23. The molecule has 0 bridgehead atoms. The molecule has 2 heterocycles. The molecular weight excluding hydrogens is 419 g/mol. The van der Waals surface area contributed by atoms with E-state index in [-0.39, 0.29) is 24.7 Å². The van der Waals surface area contributed by atoms with Crippen LogP contribution in [-0.2, 0) is 0 Å². The summed E-state index contributed by atoms with van der Waals surface area (Å²) in [4.78, 5) is 19.5. The van der Waals surface area contributed by atoms with Crippen molar-refractivity contribution in [3.63, 3.8) is 0 Å². The van der Waals surface area contributed by atoms with E-state index in [2.05, 4.69) is 10.3 Å². The van der Waals surface area contributed by atoms with Crippen LogP contribution in [0.3, 0.4) is 0 Å². The molecule has 0 amide bonds. The minimum Gasteiger partial charge on any atom is -0.368 e. The van der Waals surface area contributed by atoms with Crippen LogP contribution in [0.25, 0.3) is 0 Å². The van der Waals surface area contributed by atoms with Crippen LogP contribution in [0.1, 0.15) is 35.3 Å². The number of hydrogen-bond donors (Lipinski definition) is 2. The largest absolute Gasteiger partial charge is 0.401 e. The molecule has 1 aliphatic carbocycles. The highest BCUT2D eigenvalue weighted by Gasteiger charge is 2.34. The van der Waals surface area contributed by atoms with Crippen molar-refractivity contribution < 1.29 is 18.0 Å². The van der Waals surface area contributed by atoms with Crippen molar-refractivity contribution in [2.24, 2.45) is 5.92 Å². The summed E-state index contributed by atoms with van der Waals surface area (Å²) in [5, 5.41) is 12.1. The average Bonchev–Trinajstić information content (AvgIpc) is 2.72. The van der Waals surface area contributed by atoms with Gasteiger partial charge in [0.05, 0.1) is 17.8 Å². The molecule has 1 saturated heterocycles. The maximum atomic E-state index is 12.8. The first kappa shape index (κ1) is 22.3. The van der Waals surface area contributed by atoms with E-state index < -0.39 is 12.7 Å². The van der Waals surface area contributed by atoms with E-state index in [1.54, 1.807) is 6.07 Å². The molecular formula is C23H26F3N5O. The summed E-state index contributed by atoms with van der Waals surface area (Å²) in [5.41, 5.74) is 2.79. The lowest BCUT2D eigenvalue weighted by Crippen LogP contribution is -2.49. The topological polar surface area (TPSA) is 72.3 Å². The van der Waals surface area contributed by atoms with Crippen LogP contribution in [0.2, 0.25) is 0 Å². The molecule has 0 unspecified atom stereocenters. The van der Waals surface area contributed by atoms with Crippen molar-refractivity contribution in [2.75, 3.05) is 42.9 Å². The summed E-state index contributed by atoms with van der Waals surface area (Å²) < 4.78 is 38.4. The number of hydrogen-bond acceptors (Lipinski definition) is 6. The summed E-state index contributed by atoms with van der Waals surface area (Å²) in [6, 6.07) is 11.1. The summed E-state index contributed by atoms with van der Waals surface area (Å²) in [6.45, 7) is 0.358. The van der Waals surface area contributed by atoms with E-state index in [0.29, 0.717) is 42.2 Å². The molecule has 1 aromatic carbocycles. The predicted molar refractivity (Wildman–Crippen MR) is 118 cm³/mol. The number of pyridine rings is 1. The second-order valence-corrected chi connectivity index (χ2v) is 8.32. The highest BCUT2D eigenvalue weighted by Crippen LogP contribution is 2.37. The molecule has 4 rings (SSSR count). The first-order valence-corrected chi connectivity index (χ1v) is 10.8. The van der Waals surface area contributed by atoms with Gasteiger partial charge in [-0.25, -0.2) is 4.98 Å². The standard InChI is InChI=1S/C23H26F3N5O/c24-23(25,26)15-30-9-11-31(12-10-30)19-13-18(14-32)29-22(28-17-7-2-1-3-8-17)20(19)21(27)16-5-4-6-16/h1-3,7-8,13-14,16,27H,4-6,9-12,15H2,(H,28,29). The van der Waals surface area contributed by atoms with Gasteiger partial charge in [0.2, 0.25) is 0 Å². The molecule has 2 N–H and O–H groups in total. The van der Waals surface area contributed by atoms with Gasteiger partial charge in [0.1, 0.15) is 11.5 Å². The number of alkyl halides is 3. The lowest BCUT2D eigenvalue weighted by molar-refractivity contribution is -0.146. The third-order valence-electron chi connectivity index (χ3n) is 6.07. The van der Waals surface area contributed by atoms with Crippen molar-refractivity contribution in [1.82, 2.24) is 9.88 Å². The number of rotatable bonds is 7. The average molecular weight is 445 g/mol. The monoisotopic (exact) mass is 445 g/mol. The van der Waals surface area contributed by atoms with Crippen molar-refractivity contribution in [1.29, 1.82) is 5.41 Å². The lowest BCUT2D eigenvalue weighted by atomic mass is 9.79. The Balaban J connectivity index is 1.68. The molecule has 0 atom stereocenters.